The summed E-state index contributed by atoms with van der Waals surface area (Å²) in [6, 6.07) is 6.57. The van der Waals surface area contributed by atoms with Crippen LogP contribution in [0.25, 0.3) is 0 Å². The van der Waals surface area contributed by atoms with E-state index in [1.807, 2.05) is 32.9 Å². The predicted molar refractivity (Wildman–Crippen MR) is 117 cm³/mol. The fraction of sp³-hybridized carbons (Fsp3) is 0.478. The first kappa shape index (κ1) is 24.9. The quantitative estimate of drug-likeness (QED) is 0.293. The number of aliphatic hydroxyl groups excluding tert-OH is 1. The van der Waals surface area contributed by atoms with E-state index < -0.39 is 40.8 Å². The van der Waals surface area contributed by atoms with Gasteiger partial charge in [-0.05, 0) is 40.7 Å². The van der Waals surface area contributed by atoms with E-state index in [9.17, 15) is 19.5 Å². The fourth-order valence-corrected chi connectivity index (χ4v) is 3.53. The Kier molecular flexibility index (Phi) is 8.02. The van der Waals surface area contributed by atoms with Gasteiger partial charge in [-0.1, -0.05) is 18.2 Å². The van der Waals surface area contributed by atoms with Gasteiger partial charge in [0, 0.05) is 11.1 Å². The number of benzene rings is 1. The van der Waals surface area contributed by atoms with Crippen LogP contribution in [-0.4, -0.2) is 59.6 Å². The van der Waals surface area contributed by atoms with Crippen LogP contribution >= 0.6 is 0 Å². The maximum atomic E-state index is 12.9. The molecular weight excluding hydrogens is 416 g/mol. The molecular formula is C23H30N2O7. The van der Waals surface area contributed by atoms with Gasteiger partial charge < -0.3 is 24.2 Å². The zero-order valence-corrected chi connectivity index (χ0v) is 19.3. The maximum absolute atomic E-state index is 12.9. The third-order valence-electron chi connectivity index (χ3n) is 4.78. The molecule has 1 unspecified atom stereocenters. The highest BCUT2D eigenvalue weighted by molar-refractivity contribution is 6.23. The van der Waals surface area contributed by atoms with Gasteiger partial charge in [-0.25, -0.2) is 14.6 Å². The van der Waals surface area contributed by atoms with Crippen molar-refractivity contribution in [3.63, 3.8) is 0 Å². The predicted octanol–water partition coefficient (Wildman–Crippen LogP) is 3.37. The molecule has 1 aliphatic heterocycles. The van der Waals surface area contributed by atoms with Gasteiger partial charge in [0.1, 0.15) is 5.84 Å². The molecule has 0 fully saturated rings. The molecule has 0 saturated heterocycles. The second kappa shape index (κ2) is 10.3. The average Bonchev–Trinajstić information content (AvgIpc) is 2.73. The molecule has 9 nitrogen and oxygen atoms in total. The number of ether oxygens (including phenoxy) is 3. The normalized spacial score (nSPS) is 16.4. The smallest absolute Gasteiger partial charge is 0.374 e. The number of aliphatic hydroxyl groups is 1. The number of hydrogen-bond acceptors (Lipinski definition) is 9. The van der Waals surface area contributed by atoms with E-state index in [4.69, 9.17) is 14.2 Å². The zero-order valence-electron chi connectivity index (χ0n) is 19.3. The van der Waals surface area contributed by atoms with E-state index >= 15 is 0 Å². The molecule has 1 aromatic rings. The van der Waals surface area contributed by atoms with Gasteiger partial charge in [0.2, 0.25) is 5.76 Å². The largest absolute Gasteiger partial charge is 0.501 e. The number of amidine groups is 1. The highest BCUT2D eigenvalue weighted by atomic mass is 16.5. The van der Waals surface area contributed by atoms with Crippen molar-refractivity contribution in [2.45, 2.75) is 52.6 Å². The second-order valence-corrected chi connectivity index (χ2v) is 8.00. The van der Waals surface area contributed by atoms with Gasteiger partial charge in [-0.3, -0.25) is 4.79 Å². The summed E-state index contributed by atoms with van der Waals surface area (Å²) in [7, 11) is 1.30. The van der Waals surface area contributed by atoms with Crippen molar-refractivity contribution in [2.75, 3.05) is 20.3 Å². The van der Waals surface area contributed by atoms with Crippen LogP contribution in [0.4, 0.5) is 5.69 Å². The third kappa shape index (κ3) is 5.27. The first-order chi connectivity index (χ1) is 15.1. The number of nitrogens with zero attached hydrogens (tertiary/aromatic N) is 2. The van der Waals surface area contributed by atoms with Crippen molar-refractivity contribution in [1.29, 1.82) is 0 Å². The van der Waals surface area contributed by atoms with Crippen molar-refractivity contribution >= 4 is 29.4 Å². The lowest BCUT2D eigenvalue weighted by atomic mass is 9.90. The number of aliphatic imine (C=N–C) groups is 1. The topological polar surface area (TPSA) is 115 Å². The Labute approximate surface area is 187 Å². The molecule has 0 amide bonds. The van der Waals surface area contributed by atoms with Crippen LogP contribution in [0.1, 0.15) is 52.6 Å². The number of carbonyl (C=O) groups excluding carboxylic acids is 3. The summed E-state index contributed by atoms with van der Waals surface area (Å²) in [6.07, 6.45) is -0.0416. The Morgan fingerprint density at radius 1 is 1.06 bits per heavy atom. The lowest BCUT2D eigenvalue weighted by Gasteiger charge is -2.46. The van der Waals surface area contributed by atoms with Gasteiger partial charge in [-0.15, -0.1) is 0 Å². The summed E-state index contributed by atoms with van der Waals surface area (Å²) in [4.78, 5) is 43.9. The van der Waals surface area contributed by atoms with Crippen LogP contribution in [0.15, 0.2) is 40.6 Å². The molecule has 32 heavy (non-hydrogen) atoms. The van der Waals surface area contributed by atoms with Crippen molar-refractivity contribution in [3.8, 4) is 0 Å². The van der Waals surface area contributed by atoms with Crippen LogP contribution in [-0.2, 0) is 28.6 Å². The Balaban J connectivity index is 2.84. The van der Waals surface area contributed by atoms with E-state index in [2.05, 4.69) is 4.99 Å². The Morgan fingerprint density at radius 2 is 1.66 bits per heavy atom. The number of hydrogen-bond donors (Lipinski definition) is 1. The molecule has 1 aliphatic rings. The van der Waals surface area contributed by atoms with Gasteiger partial charge in [0.05, 0.1) is 38.5 Å². The van der Waals surface area contributed by atoms with Gasteiger partial charge >= 0.3 is 17.9 Å². The Morgan fingerprint density at radius 3 is 2.22 bits per heavy atom. The van der Waals surface area contributed by atoms with E-state index in [1.165, 1.54) is 7.11 Å². The van der Waals surface area contributed by atoms with E-state index in [1.54, 1.807) is 30.9 Å². The summed E-state index contributed by atoms with van der Waals surface area (Å²) in [5, 5.41) is 10.7. The Bertz CT molecular complexity index is 944. The van der Waals surface area contributed by atoms with Crippen LogP contribution in [0.5, 0.6) is 0 Å². The van der Waals surface area contributed by atoms with Crippen molar-refractivity contribution < 1.29 is 33.7 Å². The van der Waals surface area contributed by atoms with Crippen LogP contribution in [0.2, 0.25) is 0 Å². The first-order valence-corrected chi connectivity index (χ1v) is 10.4. The van der Waals surface area contributed by atoms with E-state index in [0.29, 0.717) is 5.69 Å². The highest BCUT2D eigenvalue weighted by Crippen LogP contribution is 2.42. The molecule has 1 N–H and O–H groups in total. The standard InChI is InChI=1S/C23H30N2O7/c1-7-31-21(28)18(19(27)22(29)32-8-2)20-24-15-12-10-9-11-14(15)16(13-17(26)30-6)25(20)23(3,4)5/h9-12,16,27H,7-8,13H2,1-6H3/b19-18-. The summed E-state index contributed by atoms with van der Waals surface area (Å²) in [5.74, 6) is -3.36. The lowest BCUT2D eigenvalue weighted by Crippen LogP contribution is -2.51. The number of methoxy groups -OCH3 is 1. The fourth-order valence-electron chi connectivity index (χ4n) is 3.53. The number of fused-ring (bicyclic) bond motifs is 1. The van der Waals surface area contributed by atoms with E-state index in [-0.39, 0.29) is 25.5 Å². The summed E-state index contributed by atoms with van der Waals surface area (Å²) >= 11 is 0. The molecule has 0 aliphatic carbocycles. The molecule has 174 valence electrons. The molecule has 0 saturated carbocycles. The maximum Gasteiger partial charge on any atom is 0.374 e. The number of para-hydroxylation sites is 1. The number of esters is 3. The van der Waals surface area contributed by atoms with Crippen LogP contribution in [0, 0.1) is 0 Å². The van der Waals surface area contributed by atoms with Crippen LogP contribution in [0.3, 0.4) is 0 Å². The summed E-state index contributed by atoms with van der Waals surface area (Å²) < 4.78 is 14.9. The minimum atomic E-state index is -1.07. The summed E-state index contributed by atoms with van der Waals surface area (Å²) in [5.41, 5.74) is 0.132. The van der Waals surface area contributed by atoms with Crippen LogP contribution < -0.4 is 0 Å². The number of rotatable bonds is 7. The monoisotopic (exact) mass is 446 g/mol. The molecule has 2 rings (SSSR count). The second-order valence-electron chi connectivity index (χ2n) is 8.00. The first-order valence-electron chi connectivity index (χ1n) is 10.4. The Hall–Kier alpha value is -3.36. The minimum Gasteiger partial charge on any atom is -0.501 e. The molecule has 0 aromatic heterocycles. The summed E-state index contributed by atoms with van der Waals surface area (Å²) in [6.45, 7) is 8.81. The van der Waals surface area contributed by atoms with Crippen molar-refractivity contribution in [2.24, 2.45) is 4.99 Å². The highest BCUT2D eigenvalue weighted by Gasteiger charge is 2.43. The average molecular weight is 447 g/mol. The molecule has 1 heterocycles. The van der Waals surface area contributed by atoms with Gasteiger partial charge in [0.15, 0.2) is 5.57 Å². The lowest BCUT2D eigenvalue weighted by molar-refractivity contribution is -0.144. The third-order valence-corrected chi connectivity index (χ3v) is 4.78. The number of carbonyl (C=O) groups is 3. The molecule has 1 atom stereocenters. The molecule has 0 spiro atoms. The van der Waals surface area contributed by atoms with Gasteiger partial charge in [-0.2, -0.15) is 0 Å². The molecule has 0 bridgehead atoms. The van der Waals surface area contributed by atoms with Gasteiger partial charge in [0.25, 0.3) is 0 Å². The molecule has 0 radical (unpaired) electrons. The van der Waals surface area contributed by atoms with Crippen molar-refractivity contribution in [3.05, 3.63) is 41.2 Å². The zero-order chi connectivity index (χ0) is 24.1. The molecule has 1 aromatic carbocycles. The molecule has 9 heteroatoms. The van der Waals surface area contributed by atoms with E-state index in [0.717, 1.165) is 5.56 Å². The minimum absolute atomic E-state index is 0.00224. The van der Waals surface area contributed by atoms with Crippen molar-refractivity contribution in [1.82, 2.24) is 4.90 Å². The SMILES string of the molecule is CCOC(=O)/C(O)=C(/C(=O)OCC)C1=Nc2ccccc2C(CC(=O)OC)N1C(C)(C)C.